The maximum atomic E-state index is 11.0. The summed E-state index contributed by atoms with van der Waals surface area (Å²) >= 11 is 0. The van der Waals surface area contributed by atoms with Gasteiger partial charge in [0.2, 0.25) is 0 Å². The molecular formula is C17H23NO2. The van der Waals surface area contributed by atoms with Gasteiger partial charge in [-0.3, -0.25) is 4.79 Å². The number of benzene rings is 1. The largest absolute Gasteiger partial charge is 0.481 e. The molecule has 1 aromatic carbocycles. The number of carboxylic acids is 1. The summed E-state index contributed by atoms with van der Waals surface area (Å²) in [5.41, 5.74) is 2.62. The number of carbonyl (C=O) groups is 1. The second-order valence-corrected chi connectivity index (χ2v) is 6.46. The van der Waals surface area contributed by atoms with E-state index in [9.17, 15) is 4.79 Å². The van der Waals surface area contributed by atoms with Crippen LogP contribution in [0.4, 0.5) is 0 Å². The molecule has 3 heteroatoms. The lowest BCUT2D eigenvalue weighted by Gasteiger charge is -2.16. The van der Waals surface area contributed by atoms with E-state index < -0.39 is 5.97 Å². The van der Waals surface area contributed by atoms with Crippen LogP contribution in [0.3, 0.4) is 0 Å². The summed E-state index contributed by atoms with van der Waals surface area (Å²) < 4.78 is 0. The molecule has 1 saturated carbocycles. The van der Waals surface area contributed by atoms with Crippen molar-refractivity contribution in [3.63, 3.8) is 0 Å². The quantitative estimate of drug-likeness (QED) is 0.896. The third kappa shape index (κ3) is 3.04. The van der Waals surface area contributed by atoms with Crippen molar-refractivity contribution < 1.29 is 9.90 Å². The third-order valence-corrected chi connectivity index (χ3v) is 4.81. The van der Waals surface area contributed by atoms with Crippen LogP contribution >= 0.6 is 0 Å². The fourth-order valence-corrected chi connectivity index (χ4v) is 3.47. The number of hydrogen-bond donors (Lipinski definition) is 1. The molecule has 1 aromatic rings. The van der Waals surface area contributed by atoms with E-state index in [1.54, 1.807) is 0 Å². The Balaban J connectivity index is 1.72. The van der Waals surface area contributed by atoms with Crippen LogP contribution in [0, 0.1) is 5.92 Å². The number of rotatable bonds is 5. The van der Waals surface area contributed by atoms with Gasteiger partial charge in [-0.15, -0.1) is 0 Å². The molecular weight excluding hydrogens is 250 g/mol. The standard InChI is InChI=1S/C17H23NO2/c1-18-9-8-15(11-18)12-2-4-13(5-3-12)16(10-17(19)20)14-6-7-14/h2-5,14-16H,6-11H2,1H3,(H,19,20). The predicted octanol–water partition coefficient (Wildman–Crippen LogP) is 3.07. The molecule has 0 aromatic heterocycles. The molecule has 3 rings (SSSR count). The summed E-state index contributed by atoms with van der Waals surface area (Å²) in [7, 11) is 2.17. The summed E-state index contributed by atoms with van der Waals surface area (Å²) in [6.07, 6.45) is 3.88. The zero-order chi connectivity index (χ0) is 14.1. The lowest BCUT2D eigenvalue weighted by atomic mass is 9.89. The third-order valence-electron chi connectivity index (χ3n) is 4.81. The zero-order valence-corrected chi connectivity index (χ0v) is 12.1. The van der Waals surface area contributed by atoms with Crippen molar-refractivity contribution in [1.82, 2.24) is 4.90 Å². The molecule has 1 aliphatic heterocycles. The molecule has 108 valence electrons. The normalized spacial score (nSPS) is 24.8. The van der Waals surface area contributed by atoms with Gasteiger partial charge in [0.05, 0.1) is 6.42 Å². The number of aliphatic carboxylic acids is 1. The van der Waals surface area contributed by atoms with Crippen molar-refractivity contribution in [2.75, 3.05) is 20.1 Å². The van der Waals surface area contributed by atoms with Crippen LogP contribution in [0.2, 0.25) is 0 Å². The predicted molar refractivity (Wildman–Crippen MR) is 79.0 cm³/mol. The Bertz CT molecular complexity index is 478. The first kappa shape index (κ1) is 13.6. The molecule has 2 aliphatic rings. The van der Waals surface area contributed by atoms with E-state index in [0.717, 1.165) is 6.54 Å². The number of hydrogen-bond acceptors (Lipinski definition) is 2. The van der Waals surface area contributed by atoms with Gasteiger partial charge in [-0.2, -0.15) is 0 Å². The average Bonchev–Trinajstić information content (AvgIpc) is 3.18. The molecule has 20 heavy (non-hydrogen) atoms. The van der Waals surface area contributed by atoms with Gasteiger partial charge in [-0.05, 0) is 61.7 Å². The topological polar surface area (TPSA) is 40.5 Å². The highest BCUT2D eigenvalue weighted by atomic mass is 16.4. The minimum Gasteiger partial charge on any atom is -0.481 e. The second-order valence-electron chi connectivity index (χ2n) is 6.46. The van der Waals surface area contributed by atoms with E-state index in [2.05, 4.69) is 36.2 Å². The van der Waals surface area contributed by atoms with Crippen molar-refractivity contribution >= 4 is 5.97 Å². The van der Waals surface area contributed by atoms with Crippen LogP contribution in [0.15, 0.2) is 24.3 Å². The van der Waals surface area contributed by atoms with Crippen molar-refractivity contribution in [2.24, 2.45) is 5.92 Å². The van der Waals surface area contributed by atoms with Crippen LogP contribution in [-0.4, -0.2) is 36.1 Å². The Morgan fingerprint density at radius 3 is 2.50 bits per heavy atom. The summed E-state index contributed by atoms with van der Waals surface area (Å²) in [5, 5.41) is 9.07. The SMILES string of the molecule is CN1CCC(c2ccc(C(CC(=O)O)C3CC3)cc2)C1. The number of likely N-dealkylation sites (N-methyl/N-ethyl adjacent to an activating group) is 1. The first-order chi connectivity index (χ1) is 9.63. The minimum absolute atomic E-state index is 0.216. The number of nitrogens with zero attached hydrogens (tertiary/aromatic N) is 1. The summed E-state index contributed by atoms with van der Waals surface area (Å²) in [6, 6.07) is 8.77. The van der Waals surface area contributed by atoms with Gasteiger partial charge < -0.3 is 10.0 Å². The molecule has 3 nitrogen and oxygen atoms in total. The van der Waals surface area contributed by atoms with Crippen LogP contribution in [0.1, 0.15) is 48.6 Å². The summed E-state index contributed by atoms with van der Waals surface area (Å²) in [6.45, 7) is 2.32. The lowest BCUT2D eigenvalue weighted by Crippen LogP contribution is -2.13. The average molecular weight is 273 g/mol. The highest BCUT2D eigenvalue weighted by Gasteiger charge is 2.33. The molecule has 2 atom stereocenters. The van der Waals surface area contributed by atoms with Crippen LogP contribution < -0.4 is 0 Å². The van der Waals surface area contributed by atoms with E-state index in [-0.39, 0.29) is 12.3 Å². The van der Waals surface area contributed by atoms with Crippen molar-refractivity contribution in [3.05, 3.63) is 35.4 Å². The molecule has 1 N–H and O–H groups in total. The van der Waals surface area contributed by atoms with Gasteiger partial charge in [0, 0.05) is 6.54 Å². The van der Waals surface area contributed by atoms with Crippen molar-refractivity contribution in [1.29, 1.82) is 0 Å². The van der Waals surface area contributed by atoms with Crippen molar-refractivity contribution in [3.8, 4) is 0 Å². The first-order valence-corrected chi connectivity index (χ1v) is 7.63. The van der Waals surface area contributed by atoms with Crippen LogP contribution in [0.25, 0.3) is 0 Å². The van der Waals surface area contributed by atoms with Crippen LogP contribution in [0.5, 0.6) is 0 Å². The molecule has 2 unspecified atom stereocenters. The van der Waals surface area contributed by atoms with Gasteiger partial charge >= 0.3 is 5.97 Å². The van der Waals surface area contributed by atoms with Gasteiger partial charge in [0.25, 0.3) is 0 Å². The second kappa shape index (κ2) is 5.57. The first-order valence-electron chi connectivity index (χ1n) is 7.63. The van der Waals surface area contributed by atoms with E-state index in [0.29, 0.717) is 11.8 Å². The van der Waals surface area contributed by atoms with E-state index >= 15 is 0 Å². The number of carboxylic acid groups (broad SMARTS) is 1. The van der Waals surface area contributed by atoms with Gasteiger partial charge in [-0.25, -0.2) is 0 Å². The Kier molecular flexibility index (Phi) is 3.79. The van der Waals surface area contributed by atoms with Gasteiger partial charge in [-0.1, -0.05) is 24.3 Å². The fraction of sp³-hybridized carbons (Fsp3) is 0.588. The Morgan fingerprint density at radius 2 is 2.00 bits per heavy atom. The number of likely N-dealkylation sites (tertiary alicyclic amines) is 1. The Morgan fingerprint density at radius 1 is 1.30 bits per heavy atom. The highest BCUT2D eigenvalue weighted by molar-refractivity contribution is 5.68. The molecule has 1 aliphatic carbocycles. The molecule has 1 saturated heterocycles. The Hall–Kier alpha value is -1.35. The smallest absolute Gasteiger partial charge is 0.303 e. The maximum absolute atomic E-state index is 11.0. The van der Waals surface area contributed by atoms with E-state index in [1.807, 2.05) is 0 Å². The molecule has 0 amide bonds. The van der Waals surface area contributed by atoms with Crippen LogP contribution in [-0.2, 0) is 4.79 Å². The van der Waals surface area contributed by atoms with E-state index in [1.165, 1.54) is 36.9 Å². The minimum atomic E-state index is -0.677. The van der Waals surface area contributed by atoms with Gasteiger partial charge in [0.15, 0.2) is 0 Å². The summed E-state index contributed by atoms with van der Waals surface area (Å²) in [5.74, 6) is 0.777. The Labute approximate surface area is 120 Å². The zero-order valence-electron chi connectivity index (χ0n) is 12.1. The monoisotopic (exact) mass is 273 g/mol. The molecule has 0 bridgehead atoms. The summed E-state index contributed by atoms with van der Waals surface area (Å²) in [4.78, 5) is 13.4. The fourth-order valence-electron chi connectivity index (χ4n) is 3.47. The van der Waals surface area contributed by atoms with Gasteiger partial charge in [0.1, 0.15) is 0 Å². The lowest BCUT2D eigenvalue weighted by molar-refractivity contribution is -0.137. The molecule has 0 radical (unpaired) electrons. The highest BCUT2D eigenvalue weighted by Crippen LogP contribution is 2.44. The molecule has 0 spiro atoms. The van der Waals surface area contributed by atoms with Crippen molar-refractivity contribution in [2.45, 2.75) is 37.5 Å². The molecule has 2 fully saturated rings. The molecule has 1 heterocycles. The maximum Gasteiger partial charge on any atom is 0.303 e. The van der Waals surface area contributed by atoms with E-state index in [4.69, 9.17) is 5.11 Å².